The van der Waals surface area contributed by atoms with Gasteiger partial charge in [-0.2, -0.15) is 0 Å². The Balaban J connectivity index is 1.36. The molecule has 2 aromatic rings. The van der Waals surface area contributed by atoms with E-state index in [1.54, 1.807) is 13.2 Å². The standard InChI is InChI=1S/C23H30N2O4/c1-3-17-6-7-20(28-17)15-25-12-10-18(11-13-25)29-22-14-19(27-2)8-9-21(22)23(26)24-16-4-5-16/h6-9,14,16,18H,3-5,10-13,15H2,1-2H3,(H,24,26). The molecule has 1 N–H and O–H groups in total. The van der Waals surface area contributed by atoms with Crippen molar-refractivity contribution in [2.45, 2.75) is 57.7 Å². The lowest BCUT2D eigenvalue weighted by molar-refractivity contribution is 0.0869. The number of aryl methyl sites for hydroxylation is 1. The predicted molar refractivity (Wildman–Crippen MR) is 110 cm³/mol. The lowest BCUT2D eigenvalue weighted by Crippen LogP contribution is -2.38. The third-order valence-corrected chi connectivity index (χ3v) is 5.62. The second kappa shape index (κ2) is 8.91. The SMILES string of the molecule is CCc1ccc(CN2CCC(Oc3cc(OC)ccc3C(=O)NC3CC3)CC2)o1. The Kier molecular flexibility index (Phi) is 6.09. The summed E-state index contributed by atoms with van der Waals surface area (Å²) in [6.07, 6.45) is 4.98. The van der Waals surface area contributed by atoms with Crippen LogP contribution in [0.3, 0.4) is 0 Å². The van der Waals surface area contributed by atoms with Crippen LogP contribution in [0, 0.1) is 0 Å². The van der Waals surface area contributed by atoms with Crippen LogP contribution in [0.5, 0.6) is 11.5 Å². The molecule has 6 heteroatoms. The maximum atomic E-state index is 12.6. The zero-order valence-electron chi connectivity index (χ0n) is 17.3. The van der Waals surface area contributed by atoms with Crippen molar-refractivity contribution in [3.8, 4) is 11.5 Å². The van der Waals surface area contributed by atoms with Crippen molar-refractivity contribution >= 4 is 5.91 Å². The Morgan fingerprint density at radius 2 is 1.90 bits per heavy atom. The fourth-order valence-electron chi connectivity index (χ4n) is 3.69. The topological polar surface area (TPSA) is 63.9 Å². The van der Waals surface area contributed by atoms with Gasteiger partial charge >= 0.3 is 0 Å². The zero-order valence-corrected chi connectivity index (χ0v) is 17.3. The minimum Gasteiger partial charge on any atom is -0.497 e. The number of rotatable bonds is 8. The Morgan fingerprint density at radius 1 is 1.14 bits per heavy atom. The van der Waals surface area contributed by atoms with Crippen LogP contribution in [0.25, 0.3) is 0 Å². The van der Waals surface area contributed by atoms with Gasteiger partial charge in [-0.05, 0) is 49.9 Å². The van der Waals surface area contributed by atoms with Gasteiger partial charge in [0.1, 0.15) is 29.1 Å². The number of furan rings is 1. The highest BCUT2D eigenvalue weighted by Gasteiger charge is 2.27. The fraction of sp³-hybridized carbons (Fsp3) is 0.522. The molecule has 1 saturated heterocycles. The molecular formula is C23H30N2O4. The summed E-state index contributed by atoms with van der Waals surface area (Å²) in [6.45, 7) is 4.82. The van der Waals surface area contributed by atoms with Crippen molar-refractivity contribution in [1.82, 2.24) is 10.2 Å². The number of hydrogen-bond donors (Lipinski definition) is 1. The number of carbonyl (C=O) groups is 1. The smallest absolute Gasteiger partial charge is 0.255 e. The minimum absolute atomic E-state index is 0.0628. The number of carbonyl (C=O) groups excluding carboxylic acids is 1. The van der Waals surface area contributed by atoms with E-state index in [9.17, 15) is 4.79 Å². The Labute approximate surface area is 172 Å². The van der Waals surface area contributed by atoms with Crippen LogP contribution in [0.4, 0.5) is 0 Å². The lowest BCUT2D eigenvalue weighted by Gasteiger charge is -2.32. The van der Waals surface area contributed by atoms with E-state index in [1.807, 2.05) is 12.1 Å². The summed E-state index contributed by atoms with van der Waals surface area (Å²) < 4.78 is 17.4. The second-order valence-corrected chi connectivity index (χ2v) is 7.92. The molecule has 2 aliphatic rings. The van der Waals surface area contributed by atoms with Gasteiger partial charge in [0.2, 0.25) is 0 Å². The van der Waals surface area contributed by atoms with Crippen LogP contribution in [-0.4, -0.2) is 43.2 Å². The van der Waals surface area contributed by atoms with Crippen molar-refractivity contribution in [1.29, 1.82) is 0 Å². The van der Waals surface area contributed by atoms with Crippen molar-refractivity contribution in [2.24, 2.45) is 0 Å². The van der Waals surface area contributed by atoms with Gasteiger partial charge in [0, 0.05) is 31.6 Å². The van der Waals surface area contributed by atoms with E-state index in [-0.39, 0.29) is 12.0 Å². The summed E-state index contributed by atoms with van der Waals surface area (Å²) >= 11 is 0. The molecule has 6 nitrogen and oxygen atoms in total. The largest absolute Gasteiger partial charge is 0.497 e. The molecule has 156 valence electrons. The van der Waals surface area contributed by atoms with E-state index in [0.717, 1.165) is 63.3 Å². The highest BCUT2D eigenvalue weighted by atomic mass is 16.5. The molecule has 0 unspecified atom stereocenters. The number of benzene rings is 1. The van der Waals surface area contributed by atoms with E-state index >= 15 is 0 Å². The van der Waals surface area contributed by atoms with Gasteiger partial charge in [-0.25, -0.2) is 0 Å². The lowest BCUT2D eigenvalue weighted by atomic mass is 10.1. The number of likely N-dealkylation sites (tertiary alicyclic amines) is 1. The molecule has 0 atom stereocenters. The third kappa shape index (κ3) is 5.12. The third-order valence-electron chi connectivity index (χ3n) is 5.62. The summed E-state index contributed by atoms with van der Waals surface area (Å²) in [5.74, 6) is 3.30. The molecule has 2 heterocycles. The van der Waals surface area contributed by atoms with Crippen LogP contribution in [0.2, 0.25) is 0 Å². The number of nitrogens with zero attached hydrogens (tertiary/aromatic N) is 1. The van der Waals surface area contributed by atoms with Gasteiger partial charge in [0.25, 0.3) is 5.91 Å². The number of methoxy groups -OCH3 is 1. The average molecular weight is 399 g/mol. The molecule has 29 heavy (non-hydrogen) atoms. The van der Waals surface area contributed by atoms with E-state index in [0.29, 0.717) is 23.1 Å². The Hall–Kier alpha value is -2.47. The normalized spacial score (nSPS) is 17.9. The first kappa shape index (κ1) is 19.8. The second-order valence-electron chi connectivity index (χ2n) is 7.92. The van der Waals surface area contributed by atoms with Crippen LogP contribution in [0.1, 0.15) is 54.5 Å². The molecule has 1 aliphatic carbocycles. The Morgan fingerprint density at radius 3 is 2.55 bits per heavy atom. The first-order valence-corrected chi connectivity index (χ1v) is 10.6. The monoisotopic (exact) mass is 398 g/mol. The number of amides is 1. The van der Waals surface area contributed by atoms with E-state index < -0.39 is 0 Å². The van der Waals surface area contributed by atoms with E-state index in [2.05, 4.69) is 29.3 Å². The minimum atomic E-state index is -0.0628. The van der Waals surface area contributed by atoms with E-state index in [1.165, 1.54) is 0 Å². The van der Waals surface area contributed by atoms with Crippen LogP contribution >= 0.6 is 0 Å². The van der Waals surface area contributed by atoms with Crippen LogP contribution in [-0.2, 0) is 13.0 Å². The first-order valence-electron chi connectivity index (χ1n) is 10.6. The van der Waals surface area contributed by atoms with Gasteiger partial charge in [-0.15, -0.1) is 0 Å². The van der Waals surface area contributed by atoms with Gasteiger partial charge in [-0.3, -0.25) is 9.69 Å². The van der Waals surface area contributed by atoms with Gasteiger partial charge in [0.05, 0.1) is 19.2 Å². The summed E-state index contributed by atoms with van der Waals surface area (Å²) in [6, 6.07) is 9.87. The first-order chi connectivity index (χ1) is 14.1. The molecule has 1 aromatic heterocycles. The Bertz CT molecular complexity index is 835. The maximum Gasteiger partial charge on any atom is 0.255 e. The molecule has 2 fully saturated rings. The molecule has 1 amide bonds. The van der Waals surface area contributed by atoms with Gasteiger partial charge in [0.15, 0.2) is 0 Å². The maximum absolute atomic E-state index is 12.6. The molecule has 0 radical (unpaired) electrons. The van der Waals surface area contributed by atoms with Crippen molar-refractivity contribution < 1.29 is 18.7 Å². The van der Waals surface area contributed by atoms with Crippen LogP contribution < -0.4 is 14.8 Å². The molecule has 0 bridgehead atoms. The van der Waals surface area contributed by atoms with Crippen molar-refractivity contribution in [3.05, 3.63) is 47.4 Å². The summed E-state index contributed by atoms with van der Waals surface area (Å²) in [5.41, 5.74) is 0.586. The zero-order chi connectivity index (χ0) is 20.2. The molecule has 4 rings (SSSR count). The molecule has 1 aliphatic heterocycles. The number of ether oxygens (including phenoxy) is 2. The number of nitrogens with one attached hydrogen (secondary N) is 1. The van der Waals surface area contributed by atoms with Crippen molar-refractivity contribution in [2.75, 3.05) is 20.2 Å². The fourth-order valence-corrected chi connectivity index (χ4v) is 3.69. The van der Waals surface area contributed by atoms with Gasteiger partial charge < -0.3 is 19.2 Å². The molecule has 1 aromatic carbocycles. The van der Waals surface area contributed by atoms with Crippen molar-refractivity contribution in [3.63, 3.8) is 0 Å². The number of hydrogen-bond acceptors (Lipinski definition) is 5. The van der Waals surface area contributed by atoms with Gasteiger partial charge in [-0.1, -0.05) is 6.92 Å². The summed E-state index contributed by atoms with van der Waals surface area (Å²) in [7, 11) is 1.63. The number of piperidine rings is 1. The molecule has 1 saturated carbocycles. The highest BCUT2D eigenvalue weighted by Crippen LogP contribution is 2.29. The highest BCUT2D eigenvalue weighted by molar-refractivity contribution is 5.97. The average Bonchev–Trinajstić information content (AvgIpc) is 3.44. The quantitative estimate of drug-likeness (QED) is 0.733. The van der Waals surface area contributed by atoms with E-state index in [4.69, 9.17) is 13.9 Å². The summed E-state index contributed by atoms with van der Waals surface area (Å²) in [5, 5.41) is 3.05. The predicted octanol–water partition coefficient (Wildman–Crippen LogP) is 3.79. The molecular weight excluding hydrogens is 368 g/mol. The molecule has 0 spiro atoms. The summed E-state index contributed by atoms with van der Waals surface area (Å²) in [4.78, 5) is 15.0. The van der Waals surface area contributed by atoms with Crippen LogP contribution in [0.15, 0.2) is 34.7 Å².